The Morgan fingerprint density at radius 3 is 2.38 bits per heavy atom. The molecular weight excluding hydrogens is 449 g/mol. The maximum atomic E-state index is 13.4. The summed E-state index contributed by atoms with van der Waals surface area (Å²) in [6.07, 6.45) is -3.87. The summed E-state index contributed by atoms with van der Waals surface area (Å²) in [5.41, 5.74) is -0.781. The fourth-order valence-electron chi connectivity index (χ4n) is 4.16. The number of imide groups is 1. The summed E-state index contributed by atoms with van der Waals surface area (Å²) < 4.78 is 43.1. The van der Waals surface area contributed by atoms with Crippen LogP contribution in [0, 0.1) is 0 Å². The average Bonchev–Trinajstić information content (AvgIpc) is 3.04. The van der Waals surface area contributed by atoms with Crippen molar-refractivity contribution in [1.82, 2.24) is 10.2 Å². The van der Waals surface area contributed by atoms with Crippen LogP contribution >= 0.6 is 0 Å². The number of nitrogens with zero attached hydrogens (tertiary/aromatic N) is 1. The molecule has 0 aromatic heterocycles. The van der Waals surface area contributed by atoms with E-state index in [2.05, 4.69) is 5.32 Å². The number of amides is 3. The second kappa shape index (κ2) is 10.8. The van der Waals surface area contributed by atoms with Crippen LogP contribution in [0.25, 0.3) is 0 Å². The molecule has 1 saturated heterocycles. The number of hydrogen-bond donors (Lipinski definition) is 1. The fourth-order valence-corrected chi connectivity index (χ4v) is 4.16. The summed E-state index contributed by atoms with van der Waals surface area (Å²) in [6, 6.07) is 13.5. The minimum absolute atomic E-state index is 0.102. The molecule has 1 N–H and O–H groups in total. The van der Waals surface area contributed by atoms with Crippen LogP contribution in [0.15, 0.2) is 54.6 Å². The lowest BCUT2D eigenvalue weighted by atomic mass is 9.75. The number of likely N-dealkylation sites (tertiary alicyclic amines) is 1. The number of rotatable bonds is 10. The highest BCUT2D eigenvalue weighted by atomic mass is 19.4. The van der Waals surface area contributed by atoms with Crippen molar-refractivity contribution >= 4 is 17.7 Å². The third-order valence-electron chi connectivity index (χ3n) is 5.94. The number of benzene rings is 2. The molecule has 6 nitrogen and oxygen atoms in total. The molecule has 1 heterocycles. The van der Waals surface area contributed by atoms with Crippen LogP contribution in [0.3, 0.4) is 0 Å². The Labute approximate surface area is 196 Å². The number of methoxy groups -OCH3 is 1. The van der Waals surface area contributed by atoms with Gasteiger partial charge in [-0.1, -0.05) is 42.5 Å². The van der Waals surface area contributed by atoms with E-state index in [1.165, 1.54) is 24.1 Å². The molecule has 0 spiro atoms. The van der Waals surface area contributed by atoms with E-state index in [1.807, 2.05) is 0 Å². The number of carbonyl (C=O) groups excluding carboxylic acids is 3. The Kier molecular flexibility index (Phi) is 8.09. The average molecular weight is 476 g/mol. The molecule has 34 heavy (non-hydrogen) atoms. The molecule has 3 rings (SSSR count). The first-order valence-electron chi connectivity index (χ1n) is 11.0. The van der Waals surface area contributed by atoms with Crippen LogP contribution in [0.4, 0.5) is 13.2 Å². The number of hydrogen-bond acceptors (Lipinski definition) is 4. The third kappa shape index (κ3) is 5.83. The summed E-state index contributed by atoms with van der Waals surface area (Å²) in [7, 11) is 1.54. The van der Waals surface area contributed by atoms with Gasteiger partial charge in [0.25, 0.3) is 0 Å². The van der Waals surface area contributed by atoms with Gasteiger partial charge < -0.3 is 10.1 Å². The van der Waals surface area contributed by atoms with Gasteiger partial charge in [-0.25, -0.2) is 0 Å². The molecule has 0 saturated carbocycles. The van der Waals surface area contributed by atoms with Crippen LogP contribution in [0.1, 0.15) is 36.0 Å². The molecule has 1 fully saturated rings. The molecule has 1 unspecified atom stereocenters. The van der Waals surface area contributed by atoms with Gasteiger partial charge in [0.05, 0.1) is 11.0 Å². The second-order valence-electron chi connectivity index (χ2n) is 8.29. The highest BCUT2D eigenvalue weighted by molar-refractivity contribution is 6.10. The van der Waals surface area contributed by atoms with Crippen molar-refractivity contribution in [2.45, 2.75) is 37.3 Å². The monoisotopic (exact) mass is 476 g/mol. The summed E-state index contributed by atoms with van der Waals surface area (Å²) in [6.45, 7) is 0.810. The van der Waals surface area contributed by atoms with Gasteiger partial charge in [0.15, 0.2) is 0 Å². The van der Waals surface area contributed by atoms with Crippen molar-refractivity contribution in [1.29, 1.82) is 0 Å². The van der Waals surface area contributed by atoms with E-state index < -0.39 is 29.0 Å². The molecule has 9 heteroatoms. The van der Waals surface area contributed by atoms with Crippen molar-refractivity contribution in [3.63, 3.8) is 0 Å². The molecule has 0 radical (unpaired) electrons. The molecule has 2 aromatic carbocycles. The summed E-state index contributed by atoms with van der Waals surface area (Å²) in [5.74, 6) is -1.14. The number of ether oxygens (including phenoxy) is 1. The molecule has 0 aliphatic carbocycles. The SMILES string of the molecule is COCCCN1C(=O)CC(CC(=O)NCCc2ccc(C(F)(F)F)cc2)(c2ccccc2)C1=O. The maximum absolute atomic E-state index is 13.4. The highest BCUT2D eigenvalue weighted by Gasteiger charge is 2.53. The summed E-state index contributed by atoms with van der Waals surface area (Å²) >= 11 is 0. The lowest BCUT2D eigenvalue weighted by Crippen LogP contribution is -2.43. The van der Waals surface area contributed by atoms with Gasteiger partial charge in [-0.15, -0.1) is 0 Å². The van der Waals surface area contributed by atoms with Crippen molar-refractivity contribution in [3.8, 4) is 0 Å². The van der Waals surface area contributed by atoms with Gasteiger partial charge in [-0.05, 0) is 36.1 Å². The quantitative estimate of drug-likeness (QED) is 0.421. The fraction of sp³-hybridized carbons (Fsp3) is 0.400. The van der Waals surface area contributed by atoms with E-state index in [4.69, 9.17) is 4.74 Å². The second-order valence-corrected chi connectivity index (χ2v) is 8.29. The Hall–Kier alpha value is -3.20. The van der Waals surface area contributed by atoms with Gasteiger partial charge in [-0.3, -0.25) is 19.3 Å². The third-order valence-corrected chi connectivity index (χ3v) is 5.94. The van der Waals surface area contributed by atoms with E-state index in [1.54, 1.807) is 30.3 Å². The van der Waals surface area contributed by atoms with Crippen LogP contribution in [-0.4, -0.2) is 49.4 Å². The van der Waals surface area contributed by atoms with Crippen molar-refractivity contribution in [2.75, 3.05) is 26.8 Å². The number of halogens is 3. The minimum atomic E-state index is -4.40. The van der Waals surface area contributed by atoms with Crippen molar-refractivity contribution < 1.29 is 32.3 Å². The van der Waals surface area contributed by atoms with Gasteiger partial charge in [0, 0.05) is 39.6 Å². The van der Waals surface area contributed by atoms with E-state index in [0.29, 0.717) is 30.6 Å². The summed E-state index contributed by atoms with van der Waals surface area (Å²) in [5, 5.41) is 2.74. The molecular formula is C25H27F3N2O4. The molecule has 2 aromatic rings. The van der Waals surface area contributed by atoms with Crippen LogP contribution in [0.2, 0.25) is 0 Å². The molecule has 1 aliphatic heterocycles. The van der Waals surface area contributed by atoms with E-state index in [-0.39, 0.29) is 31.8 Å². The molecule has 3 amide bonds. The first-order chi connectivity index (χ1) is 16.2. The van der Waals surface area contributed by atoms with Gasteiger partial charge in [-0.2, -0.15) is 13.2 Å². The lowest BCUT2D eigenvalue weighted by molar-refractivity contribution is -0.141. The zero-order chi connectivity index (χ0) is 24.8. The first kappa shape index (κ1) is 25.4. The molecule has 1 atom stereocenters. The van der Waals surface area contributed by atoms with E-state index >= 15 is 0 Å². The first-order valence-corrected chi connectivity index (χ1v) is 11.0. The predicted molar refractivity (Wildman–Crippen MR) is 119 cm³/mol. The maximum Gasteiger partial charge on any atom is 0.416 e. The topological polar surface area (TPSA) is 75.7 Å². The van der Waals surface area contributed by atoms with Crippen molar-refractivity contribution in [3.05, 3.63) is 71.3 Å². The van der Waals surface area contributed by atoms with Gasteiger partial charge in [0.2, 0.25) is 17.7 Å². The minimum Gasteiger partial charge on any atom is -0.385 e. The predicted octanol–water partition coefficient (Wildman–Crippen LogP) is 3.49. The number of carbonyl (C=O) groups is 3. The summed E-state index contributed by atoms with van der Waals surface area (Å²) in [4.78, 5) is 40.1. The Bertz CT molecular complexity index is 1010. The Morgan fingerprint density at radius 2 is 1.76 bits per heavy atom. The largest absolute Gasteiger partial charge is 0.416 e. The van der Waals surface area contributed by atoms with Crippen LogP contribution < -0.4 is 5.32 Å². The number of alkyl halides is 3. The molecule has 182 valence electrons. The van der Waals surface area contributed by atoms with Crippen molar-refractivity contribution in [2.24, 2.45) is 0 Å². The van der Waals surface area contributed by atoms with Gasteiger partial charge >= 0.3 is 6.18 Å². The lowest BCUT2D eigenvalue weighted by Gasteiger charge is -2.27. The number of nitrogens with one attached hydrogen (secondary N) is 1. The van der Waals surface area contributed by atoms with E-state index in [0.717, 1.165) is 12.1 Å². The molecule has 1 aliphatic rings. The van der Waals surface area contributed by atoms with Crippen LogP contribution in [-0.2, 0) is 37.1 Å². The smallest absolute Gasteiger partial charge is 0.385 e. The zero-order valence-corrected chi connectivity index (χ0v) is 18.9. The standard InChI is InChI=1S/C25H27F3N2O4/c1-34-15-5-14-30-22(32)17-24(23(30)33,19-6-3-2-4-7-19)16-21(31)29-13-12-18-8-10-20(11-9-18)25(26,27)28/h2-4,6-11H,5,12-17H2,1H3,(H,29,31). The zero-order valence-electron chi connectivity index (χ0n) is 18.9. The molecule has 0 bridgehead atoms. The van der Waals surface area contributed by atoms with E-state index in [9.17, 15) is 27.6 Å². The Morgan fingerprint density at radius 1 is 1.09 bits per heavy atom. The normalized spacial score (nSPS) is 18.4. The highest BCUT2D eigenvalue weighted by Crippen LogP contribution is 2.40. The Balaban J connectivity index is 1.67. The van der Waals surface area contributed by atoms with Gasteiger partial charge in [0.1, 0.15) is 0 Å². The van der Waals surface area contributed by atoms with Crippen LogP contribution in [0.5, 0.6) is 0 Å².